The van der Waals surface area contributed by atoms with Gasteiger partial charge >= 0.3 is 12.1 Å². The van der Waals surface area contributed by atoms with Gasteiger partial charge in [-0.25, -0.2) is 14.5 Å². The maximum absolute atomic E-state index is 11.9. The van der Waals surface area contributed by atoms with Crippen molar-refractivity contribution in [2.24, 2.45) is 5.92 Å². The van der Waals surface area contributed by atoms with Gasteiger partial charge in [-0.2, -0.15) is 0 Å². The Labute approximate surface area is 106 Å². The van der Waals surface area contributed by atoms with Crippen LogP contribution >= 0.6 is 0 Å². The number of ether oxygens (including phenoxy) is 2. The summed E-state index contributed by atoms with van der Waals surface area (Å²) in [6.07, 6.45) is -0.530. The first-order valence-corrected chi connectivity index (χ1v) is 5.81. The lowest BCUT2D eigenvalue weighted by Gasteiger charge is -2.26. The maximum Gasteiger partial charge on any atom is 0.417 e. The Morgan fingerprint density at radius 3 is 2.33 bits per heavy atom. The van der Waals surface area contributed by atoms with Crippen LogP contribution in [0, 0.1) is 5.92 Å². The van der Waals surface area contributed by atoms with E-state index < -0.39 is 29.6 Å². The molecule has 0 aromatic carbocycles. The molecule has 18 heavy (non-hydrogen) atoms. The van der Waals surface area contributed by atoms with Gasteiger partial charge in [-0.15, -0.1) is 0 Å². The average Bonchev–Trinajstić information content (AvgIpc) is 2.52. The molecule has 102 valence electrons. The molecule has 1 fully saturated rings. The van der Waals surface area contributed by atoms with E-state index in [-0.39, 0.29) is 12.3 Å². The molecule has 0 radical (unpaired) electrons. The minimum absolute atomic E-state index is 0.269. The standard InChI is InChI=1S/C12H19NO5/c1-7-6-8(10(15)17-5)13(9(7)14)11(16)18-12(2,3)4/h7-8H,6H2,1-5H3/t7-,8-/m0/s1. The molecule has 0 saturated carbocycles. The minimum Gasteiger partial charge on any atom is -0.467 e. The highest BCUT2D eigenvalue weighted by Gasteiger charge is 2.46. The number of imide groups is 1. The third-order valence-electron chi connectivity index (χ3n) is 2.61. The number of hydrogen-bond donors (Lipinski definition) is 0. The summed E-state index contributed by atoms with van der Waals surface area (Å²) >= 11 is 0. The van der Waals surface area contributed by atoms with E-state index in [1.165, 1.54) is 7.11 Å². The van der Waals surface area contributed by atoms with E-state index in [0.717, 1.165) is 4.90 Å². The summed E-state index contributed by atoms with van der Waals surface area (Å²) in [7, 11) is 1.23. The van der Waals surface area contributed by atoms with Crippen LogP contribution in [0.15, 0.2) is 0 Å². The van der Waals surface area contributed by atoms with Gasteiger partial charge < -0.3 is 9.47 Å². The molecule has 0 N–H and O–H groups in total. The lowest BCUT2D eigenvalue weighted by molar-refractivity contribution is -0.148. The normalized spacial score (nSPS) is 24.1. The topological polar surface area (TPSA) is 72.9 Å². The molecule has 0 bridgehead atoms. The predicted molar refractivity (Wildman–Crippen MR) is 62.7 cm³/mol. The predicted octanol–water partition coefficient (Wildman–Crippen LogP) is 1.33. The monoisotopic (exact) mass is 257 g/mol. The van der Waals surface area contributed by atoms with Gasteiger partial charge in [-0.3, -0.25) is 4.79 Å². The SMILES string of the molecule is COC(=O)[C@@H]1C[C@H](C)C(=O)N1C(=O)OC(C)(C)C. The molecule has 0 aliphatic carbocycles. The minimum atomic E-state index is -0.882. The van der Waals surface area contributed by atoms with Gasteiger partial charge in [-0.1, -0.05) is 6.92 Å². The van der Waals surface area contributed by atoms with Crippen LogP contribution in [0.4, 0.5) is 4.79 Å². The zero-order valence-corrected chi connectivity index (χ0v) is 11.4. The molecule has 1 aliphatic heterocycles. The third kappa shape index (κ3) is 3.00. The molecule has 6 heteroatoms. The summed E-state index contributed by atoms with van der Waals surface area (Å²) in [5.74, 6) is -1.39. The van der Waals surface area contributed by atoms with Crippen molar-refractivity contribution >= 4 is 18.0 Å². The molecular formula is C12H19NO5. The quantitative estimate of drug-likeness (QED) is 0.663. The number of hydrogen-bond acceptors (Lipinski definition) is 5. The van der Waals surface area contributed by atoms with Crippen molar-refractivity contribution in [1.29, 1.82) is 0 Å². The fourth-order valence-corrected chi connectivity index (χ4v) is 1.80. The third-order valence-corrected chi connectivity index (χ3v) is 2.61. The number of carbonyl (C=O) groups excluding carboxylic acids is 3. The van der Waals surface area contributed by atoms with E-state index in [1.807, 2.05) is 0 Å². The highest BCUT2D eigenvalue weighted by molar-refractivity contribution is 6.00. The van der Waals surface area contributed by atoms with Crippen molar-refractivity contribution in [3.8, 4) is 0 Å². The van der Waals surface area contributed by atoms with Crippen LogP contribution in [0.25, 0.3) is 0 Å². The molecule has 0 aromatic heterocycles. The molecule has 6 nitrogen and oxygen atoms in total. The summed E-state index contributed by atoms with van der Waals surface area (Å²) in [5.41, 5.74) is -0.718. The van der Waals surface area contributed by atoms with Crippen LogP contribution in [-0.2, 0) is 19.1 Å². The van der Waals surface area contributed by atoms with Crippen LogP contribution in [0.5, 0.6) is 0 Å². The number of likely N-dealkylation sites (tertiary alicyclic amines) is 1. The second-order valence-corrected chi connectivity index (χ2v) is 5.36. The summed E-state index contributed by atoms with van der Waals surface area (Å²) in [4.78, 5) is 36.2. The highest BCUT2D eigenvalue weighted by atomic mass is 16.6. The Morgan fingerprint density at radius 1 is 1.33 bits per heavy atom. The first kappa shape index (κ1) is 14.5. The molecule has 1 saturated heterocycles. The Bertz CT molecular complexity index is 371. The molecular weight excluding hydrogens is 238 g/mol. The van der Waals surface area contributed by atoms with E-state index in [4.69, 9.17) is 4.74 Å². The van der Waals surface area contributed by atoms with Gasteiger partial charge in [0.05, 0.1) is 7.11 Å². The number of esters is 1. The van der Waals surface area contributed by atoms with Crippen LogP contribution < -0.4 is 0 Å². The van der Waals surface area contributed by atoms with Crippen LogP contribution in [-0.4, -0.2) is 41.6 Å². The van der Waals surface area contributed by atoms with Gasteiger partial charge in [0, 0.05) is 5.92 Å². The second kappa shape index (κ2) is 4.96. The van der Waals surface area contributed by atoms with Crippen molar-refractivity contribution < 1.29 is 23.9 Å². The number of rotatable bonds is 1. The fraction of sp³-hybridized carbons (Fsp3) is 0.750. The molecule has 0 spiro atoms. The molecule has 1 heterocycles. The lowest BCUT2D eigenvalue weighted by atomic mass is 10.1. The molecule has 1 rings (SSSR count). The summed E-state index contributed by atoms with van der Waals surface area (Å²) in [6.45, 7) is 6.76. The van der Waals surface area contributed by atoms with Gasteiger partial charge in [0.15, 0.2) is 0 Å². The number of methoxy groups -OCH3 is 1. The Hall–Kier alpha value is -1.59. The van der Waals surface area contributed by atoms with Gasteiger partial charge in [-0.05, 0) is 27.2 Å². The molecule has 0 unspecified atom stereocenters. The lowest BCUT2D eigenvalue weighted by Crippen LogP contribution is -2.46. The zero-order valence-electron chi connectivity index (χ0n) is 11.4. The van der Waals surface area contributed by atoms with E-state index in [2.05, 4.69) is 4.74 Å². The fourth-order valence-electron chi connectivity index (χ4n) is 1.80. The van der Waals surface area contributed by atoms with Gasteiger partial charge in [0.25, 0.3) is 0 Å². The van der Waals surface area contributed by atoms with Crippen molar-refractivity contribution in [1.82, 2.24) is 4.90 Å². The van der Waals surface area contributed by atoms with Crippen molar-refractivity contribution in [3.05, 3.63) is 0 Å². The number of nitrogens with zero attached hydrogens (tertiary/aromatic N) is 1. The second-order valence-electron chi connectivity index (χ2n) is 5.36. The molecule has 1 aliphatic rings. The summed E-state index contributed by atoms with van der Waals surface area (Å²) < 4.78 is 9.72. The molecule has 2 amide bonds. The van der Waals surface area contributed by atoms with Crippen molar-refractivity contribution in [2.75, 3.05) is 7.11 Å². The van der Waals surface area contributed by atoms with Crippen molar-refractivity contribution in [3.63, 3.8) is 0 Å². The summed E-state index contributed by atoms with van der Waals surface area (Å²) in [6, 6.07) is -0.882. The smallest absolute Gasteiger partial charge is 0.417 e. The number of amides is 2. The van der Waals surface area contributed by atoms with E-state index in [1.54, 1.807) is 27.7 Å². The molecule has 0 aromatic rings. The van der Waals surface area contributed by atoms with E-state index in [0.29, 0.717) is 0 Å². The van der Waals surface area contributed by atoms with Gasteiger partial charge in [0.2, 0.25) is 5.91 Å². The highest BCUT2D eigenvalue weighted by Crippen LogP contribution is 2.27. The maximum atomic E-state index is 11.9. The van der Waals surface area contributed by atoms with Gasteiger partial charge in [0.1, 0.15) is 11.6 Å². The van der Waals surface area contributed by atoms with E-state index in [9.17, 15) is 14.4 Å². The van der Waals surface area contributed by atoms with Crippen LogP contribution in [0.3, 0.4) is 0 Å². The zero-order chi connectivity index (χ0) is 14.1. The van der Waals surface area contributed by atoms with Crippen molar-refractivity contribution in [2.45, 2.75) is 45.8 Å². The Balaban J connectivity index is 2.91. The Kier molecular flexibility index (Phi) is 3.98. The first-order chi connectivity index (χ1) is 8.17. The first-order valence-electron chi connectivity index (χ1n) is 5.81. The molecule has 2 atom stereocenters. The number of carbonyl (C=O) groups is 3. The largest absolute Gasteiger partial charge is 0.467 e. The van der Waals surface area contributed by atoms with Crippen LogP contribution in [0.1, 0.15) is 34.1 Å². The Morgan fingerprint density at radius 2 is 1.89 bits per heavy atom. The average molecular weight is 257 g/mol. The van der Waals surface area contributed by atoms with Crippen LogP contribution in [0.2, 0.25) is 0 Å². The van der Waals surface area contributed by atoms with E-state index >= 15 is 0 Å². The summed E-state index contributed by atoms with van der Waals surface area (Å²) in [5, 5.41) is 0.